The van der Waals surface area contributed by atoms with Crippen LogP contribution in [0, 0.1) is 20.2 Å². The highest BCUT2D eigenvalue weighted by molar-refractivity contribution is 5.95. The first-order chi connectivity index (χ1) is 16.9. The van der Waals surface area contributed by atoms with Gasteiger partial charge in [0.05, 0.1) is 33.8 Å². The highest BCUT2D eigenvalue weighted by Gasteiger charge is 2.26. The number of rotatable bonds is 7. The predicted molar refractivity (Wildman–Crippen MR) is 127 cm³/mol. The van der Waals surface area contributed by atoms with Crippen LogP contribution in [0.25, 0.3) is 11.3 Å². The second-order valence-electron chi connectivity index (χ2n) is 7.75. The number of benzene rings is 2. The minimum absolute atomic E-state index is 0.0841. The Balaban J connectivity index is 1.45. The minimum atomic E-state index is -0.751. The number of piperazine rings is 1. The van der Waals surface area contributed by atoms with Gasteiger partial charge in [0.1, 0.15) is 17.9 Å². The summed E-state index contributed by atoms with van der Waals surface area (Å²) in [5.41, 5.74) is 0.589. The van der Waals surface area contributed by atoms with Gasteiger partial charge >= 0.3 is 0 Å². The van der Waals surface area contributed by atoms with Crippen molar-refractivity contribution >= 4 is 23.1 Å². The Morgan fingerprint density at radius 1 is 0.943 bits per heavy atom. The fourth-order valence-corrected chi connectivity index (χ4v) is 3.82. The van der Waals surface area contributed by atoms with Crippen LogP contribution < -0.4 is 9.64 Å². The normalized spacial score (nSPS) is 13.4. The Morgan fingerprint density at radius 3 is 2.14 bits per heavy atom. The van der Waals surface area contributed by atoms with Gasteiger partial charge in [0.25, 0.3) is 17.3 Å². The number of nitro groups is 2. The van der Waals surface area contributed by atoms with Gasteiger partial charge < -0.3 is 14.5 Å². The van der Waals surface area contributed by atoms with Crippen LogP contribution in [0.4, 0.5) is 17.2 Å². The molecule has 0 bridgehead atoms. The molecule has 12 heteroatoms. The van der Waals surface area contributed by atoms with E-state index in [4.69, 9.17) is 4.74 Å². The third-order valence-electron chi connectivity index (χ3n) is 5.58. The zero-order valence-corrected chi connectivity index (χ0v) is 18.9. The van der Waals surface area contributed by atoms with Gasteiger partial charge in [-0.2, -0.15) is 0 Å². The van der Waals surface area contributed by atoms with Crippen LogP contribution >= 0.6 is 0 Å². The number of amides is 1. The van der Waals surface area contributed by atoms with Crippen molar-refractivity contribution in [1.82, 2.24) is 14.9 Å². The maximum Gasteiger partial charge on any atom is 0.277 e. The molecule has 0 saturated carbocycles. The monoisotopic (exact) mass is 478 g/mol. The number of nitrogens with zero attached hydrogens (tertiary/aromatic N) is 6. The summed E-state index contributed by atoms with van der Waals surface area (Å²) in [4.78, 5) is 46.0. The molecular formula is C23H22N6O6. The summed E-state index contributed by atoms with van der Waals surface area (Å²) >= 11 is 0. The number of aromatic nitrogens is 2. The lowest BCUT2D eigenvalue weighted by Crippen LogP contribution is -2.49. The summed E-state index contributed by atoms with van der Waals surface area (Å²) in [7, 11) is 0. The Kier molecular flexibility index (Phi) is 6.81. The first-order valence-electron chi connectivity index (χ1n) is 10.9. The van der Waals surface area contributed by atoms with Crippen LogP contribution in [0.2, 0.25) is 0 Å². The van der Waals surface area contributed by atoms with E-state index >= 15 is 0 Å². The molecule has 180 valence electrons. The average molecular weight is 478 g/mol. The maximum atomic E-state index is 12.9. The van der Waals surface area contributed by atoms with Gasteiger partial charge in [0.15, 0.2) is 0 Å². The van der Waals surface area contributed by atoms with Crippen LogP contribution in [-0.4, -0.2) is 63.4 Å². The van der Waals surface area contributed by atoms with Crippen LogP contribution in [0.15, 0.2) is 54.9 Å². The van der Waals surface area contributed by atoms with E-state index in [1.54, 1.807) is 0 Å². The molecule has 12 nitrogen and oxygen atoms in total. The molecule has 0 atom stereocenters. The third kappa shape index (κ3) is 5.32. The third-order valence-corrected chi connectivity index (χ3v) is 5.58. The van der Waals surface area contributed by atoms with E-state index < -0.39 is 27.1 Å². The maximum absolute atomic E-state index is 12.9. The van der Waals surface area contributed by atoms with Gasteiger partial charge in [-0.15, -0.1) is 0 Å². The van der Waals surface area contributed by atoms with Crippen molar-refractivity contribution in [2.75, 3.05) is 37.7 Å². The van der Waals surface area contributed by atoms with E-state index in [1.165, 1.54) is 11.2 Å². The smallest absolute Gasteiger partial charge is 0.277 e. The SMILES string of the molecule is CCOc1ccc(-c2cc(N3CCN(C(=O)c4cc([N+](=O)[O-])cc([N+](=O)[O-])c4)CC3)ncn2)cc1. The molecule has 3 aromatic rings. The summed E-state index contributed by atoms with van der Waals surface area (Å²) in [6.45, 7) is 4.12. The molecule has 1 aliphatic heterocycles. The van der Waals surface area contributed by atoms with Gasteiger partial charge in [-0.3, -0.25) is 25.0 Å². The predicted octanol–water partition coefficient (Wildman–Crippen LogP) is 3.32. The topological polar surface area (TPSA) is 145 Å². The molecule has 0 spiro atoms. The number of non-ortho nitro benzene ring substituents is 2. The zero-order valence-electron chi connectivity index (χ0n) is 18.9. The molecule has 35 heavy (non-hydrogen) atoms. The van der Waals surface area contributed by atoms with Gasteiger partial charge in [0.2, 0.25) is 0 Å². The van der Waals surface area contributed by atoms with E-state index in [2.05, 4.69) is 9.97 Å². The molecule has 1 aromatic heterocycles. The molecule has 2 aromatic carbocycles. The largest absolute Gasteiger partial charge is 0.494 e. The lowest BCUT2D eigenvalue weighted by molar-refractivity contribution is -0.394. The quantitative estimate of drug-likeness (QED) is 0.369. The standard InChI is InChI=1S/C23H22N6O6/c1-2-35-20-5-3-16(4-6-20)21-14-22(25-15-24-21)26-7-9-27(10-8-26)23(30)17-11-18(28(31)32)13-19(12-17)29(33)34/h3-6,11-15H,2,7-10H2,1H3. The first kappa shape index (κ1) is 23.5. The van der Waals surface area contributed by atoms with Gasteiger partial charge in [0, 0.05) is 49.9 Å². The van der Waals surface area contributed by atoms with Crippen molar-refractivity contribution in [2.24, 2.45) is 0 Å². The van der Waals surface area contributed by atoms with Crippen LogP contribution in [0.5, 0.6) is 5.75 Å². The number of carbonyl (C=O) groups is 1. The number of nitro benzene ring substituents is 2. The van der Waals surface area contributed by atoms with Gasteiger partial charge in [-0.05, 0) is 31.2 Å². The van der Waals surface area contributed by atoms with Crippen LogP contribution in [0.1, 0.15) is 17.3 Å². The van der Waals surface area contributed by atoms with Crippen molar-refractivity contribution in [3.8, 4) is 17.0 Å². The van der Waals surface area contributed by atoms with E-state index in [1.807, 2.05) is 42.2 Å². The van der Waals surface area contributed by atoms with Crippen molar-refractivity contribution in [1.29, 1.82) is 0 Å². The number of hydrogen-bond acceptors (Lipinski definition) is 9. The molecule has 1 fully saturated rings. The Bertz CT molecular complexity index is 1230. The number of anilines is 1. The molecule has 0 radical (unpaired) electrons. The Hall–Kier alpha value is -4.61. The molecule has 0 aliphatic carbocycles. The van der Waals surface area contributed by atoms with Crippen molar-refractivity contribution in [3.05, 3.63) is 80.7 Å². The fourth-order valence-electron chi connectivity index (χ4n) is 3.82. The van der Waals surface area contributed by atoms with Crippen molar-refractivity contribution < 1.29 is 19.4 Å². The summed E-state index contributed by atoms with van der Waals surface area (Å²) < 4.78 is 5.47. The van der Waals surface area contributed by atoms with Gasteiger partial charge in [-0.1, -0.05) is 0 Å². The average Bonchev–Trinajstić information content (AvgIpc) is 2.88. The second-order valence-corrected chi connectivity index (χ2v) is 7.75. The van der Waals surface area contributed by atoms with E-state index in [0.29, 0.717) is 38.6 Å². The molecule has 2 heterocycles. The highest BCUT2D eigenvalue weighted by atomic mass is 16.6. The highest BCUT2D eigenvalue weighted by Crippen LogP contribution is 2.26. The number of hydrogen-bond donors (Lipinski definition) is 0. The summed E-state index contributed by atoms with van der Waals surface area (Å²) in [5.74, 6) is 0.997. The first-order valence-corrected chi connectivity index (χ1v) is 10.9. The molecule has 1 aliphatic rings. The Morgan fingerprint density at radius 2 is 1.57 bits per heavy atom. The Labute approximate surface area is 200 Å². The lowest BCUT2D eigenvalue weighted by atomic mass is 10.1. The van der Waals surface area contributed by atoms with Gasteiger partial charge in [-0.25, -0.2) is 9.97 Å². The van der Waals surface area contributed by atoms with Crippen molar-refractivity contribution in [2.45, 2.75) is 6.92 Å². The zero-order chi connectivity index (χ0) is 24.9. The number of ether oxygens (including phenoxy) is 1. The minimum Gasteiger partial charge on any atom is -0.494 e. The second kappa shape index (κ2) is 10.1. The molecule has 4 rings (SSSR count). The molecular weight excluding hydrogens is 456 g/mol. The molecule has 0 unspecified atom stereocenters. The van der Waals surface area contributed by atoms with Crippen LogP contribution in [-0.2, 0) is 0 Å². The molecule has 0 N–H and O–H groups in total. The van der Waals surface area contributed by atoms with Crippen molar-refractivity contribution in [3.63, 3.8) is 0 Å². The van der Waals surface area contributed by atoms with E-state index in [9.17, 15) is 25.0 Å². The van der Waals surface area contributed by atoms with E-state index in [0.717, 1.165) is 35.2 Å². The molecule has 1 amide bonds. The summed E-state index contributed by atoms with van der Waals surface area (Å²) in [5, 5.41) is 22.3. The summed E-state index contributed by atoms with van der Waals surface area (Å²) in [6, 6.07) is 12.4. The fraction of sp³-hybridized carbons (Fsp3) is 0.261. The molecule has 1 saturated heterocycles. The van der Waals surface area contributed by atoms with E-state index in [-0.39, 0.29) is 5.56 Å². The number of carbonyl (C=O) groups excluding carboxylic acids is 1. The lowest BCUT2D eigenvalue weighted by Gasteiger charge is -2.35. The summed E-state index contributed by atoms with van der Waals surface area (Å²) in [6.07, 6.45) is 1.49. The van der Waals surface area contributed by atoms with Crippen LogP contribution in [0.3, 0.4) is 0 Å².